The van der Waals surface area contributed by atoms with Crippen molar-refractivity contribution in [3.8, 4) is 0 Å². The zero-order chi connectivity index (χ0) is 11.0. The second-order valence-corrected chi connectivity index (χ2v) is 4.36. The van der Waals surface area contributed by atoms with Crippen molar-refractivity contribution in [3.05, 3.63) is 0 Å². The molecule has 0 saturated carbocycles. The highest BCUT2D eigenvalue weighted by Gasteiger charge is 2.18. The largest absolute Gasteiger partial charge is 0.324 e. The van der Waals surface area contributed by atoms with E-state index in [1.54, 1.807) is 0 Å². The molecule has 0 aliphatic rings. The van der Waals surface area contributed by atoms with E-state index >= 15 is 0 Å². The van der Waals surface area contributed by atoms with Crippen LogP contribution in [0.3, 0.4) is 0 Å². The Kier molecular flexibility index (Phi) is 7.15. The smallest absolute Gasteiger partial charge is 0.0275 e. The summed E-state index contributed by atoms with van der Waals surface area (Å²) in [6.45, 7) is 11.5. The lowest BCUT2D eigenvalue weighted by molar-refractivity contribution is 0.368. The van der Waals surface area contributed by atoms with Crippen LogP contribution in [0.1, 0.15) is 40.5 Å². The maximum Gasteiger partial charge on any atom is 0.0275 e. The summed E-state index contributed by atoms with van der Waals surface area (Å²) in [6, 6.07) is 0.566. The molecule has 0 unspecified atom stereocenters. The number of hydrogen-bond acceptors (Lipinski definition) is 3. The first-order valence-corrected chi connectivity index (χ1v) is 5.77. The molecule has 3 heteroatoms. The number of nitrogens with two attached hydrogens (primary N) is 1. The zero-order valence-corrected chi connectivity index (χ0v) is 10.2. The van der Waals surface area contributed by atoms with Gasteiger partial charge in [-0.15, -0.1) is 0 Å². The molecule has 0 aromatic rings. The molecule has 86 valence electrons. The molecule has 0 heterocycles. The SMILES string of the molecule is CCC(N)(CC)CNCCNC(C)C. The Balaban J connectivity index is 3.43. The van der Waals surface area contributed by atoms with Crippen molar-refractivity contribution in [1.29, 1.82) is 0 Å². The predicted octanol–water partition coefficient (Wildman–Crippen LogP) is 1.09. The van der Waals surface area contributed by atoms with Gasteiger partial charge in [-0.3, -0.25) is 0 Å². The van der Waals surface area contributed by atoms with E-state index in [9.17, 15) is 0 Å². The van der Waals surface area contributed by atoms with Gasteiger partial charge in [-0.2, -0.15) is 0 Å². The highest BCUT2D eigenvalue weighted by Crippen LogP contribution is 2.08. The van der Waals surface area contributed by atoms with E-state index in [4.69, 9.17) is 5.73 Å². The van der Waals surface area contributed by atoms with Crippen LogP contribution in [-0.2, 0) is 0 Å². The van der Waals surface area contributed by atoms with Gasteiger partial charge in [0.05, 0.1) is 0 Å². The third kappa shape index (κ3) is 6.35. The monoisotopic (exact) mass is 201 g/mol. The van der Waals surface area contributed by atoms with Gasteiger partial charge in [0.25, 0.3) is 0 Å². The lowest BCUT2D eigenvalue weighted by Crippen LogP contribution is -2.49. The lowest BCUT2D eigenvalue weighted by Gasteiger charge is -2.27. The summed E-state index contributed by atoms with van der Waals surface area (Å²) < 4.78 is 0. The van der Waals surface area contributed by atoms with Gasteiger partial charge in [-0.05, 0) is 12.8 Å². The molecule has 0 rings (SSSR count). The quantitative estimate of drug-likeness (QED) is 0.515. The zero-order valence-electron chi connectivity index (χ0n) is 10.2. The minimum absolute atomic E-state index is 0.0160. The van der Waals surface area contributed by atoms with Crippen molar-refractivity contribution in [2.75, 3.05) is 19.6 Å². The molecule has 3 nitrogen and oxygen atoms in total. The molecule has 0 atom stereocenters. The van der Waals surface area contributed by atoms with Crippen molar-refractivity contribution >= 4 is 0 Å². The fourth-order valence-electron chi connectivity index (χ4n) is 1.29. The molecule has 0 radical (unpaired) electrons. The van der Waals surface area contributed by atoms with Gasteiger partial charge in [0, 0.05) is 31.2 Å². The van der Waals surface area contributed by atoms with Crippen LogP contribution in [-0.4, -0.2) is 31.2 Å². The molecule has 14 heavy (non-hydrogen) atoms. The van der Waals surface area contributed by atoms with Crippen molar-refractivity contribution < 1.29 is 0 Å². The summed E-state index contributed by atoms with van der Waals surface area (Å²) >= 11 is 0. The normalized spacial score (nSPS) is 12.4. The average Bonchev–Trinajstić information content (AvgIpc) is 2.16. The van der Waals surface area contributed by atoms with E-state index in [1.807, 2.05) is 0 Å². The minimum atomic E-state index is -0.0160. The van der Waals surface area contributed by atoms with Crippen LogP contribution in [0.4, 0.5) is 0 Å². The molecule has 4 N–H and O–H groups in total. The number of nitrogens with one attached hydrogen (secondary N) is 2. The molecule has 0 spiro atoms. The Hall–Kier alpha value is -0.120. The Morgan fingerprint density at radius 1 is 1.14 bits per heavy atom. The van der Waals surface area contributed by atoms with Crippen molar-refractivity contribution in [2.45, 2.75) is 52.1 Å². The summed E-state index contributed by atoms with van der Waals surface area (Å²) in [6.07, 6.45) is 2.07. The summed E-state index contributed by atoms with van der Waals surface area (Å²) in [5.41, 5.74) is 6.14. The van der Waals surface area contributed by atoms with E-state index in [1.165, 1.54) is 0 Å². The second kappa shape index (κ2) is 7.21. The third-order valence-electron chi connectivity index (χ3n) is 2.74. The first kappa shape index (κ1) is 13.9. The maximum atomic E-state index is 6.16. The van der Waals surface area contributed by atoms with Gasteiger partial charge in [0.2, 0.25) is 0 Å². The van der Waals surface area contributed by atoms with Crippen LogP contribution in [0, 0.1) is 0 Å². The van der Waals surface area contributed by atoms with Crippen molar-refractivity contribution in [3.63, 3.8) is 0 Å². The summed E-state index contributed by atoms with van der Waals surface area (Å²) in [5, 5.41) is 6.76. The predicted molar refractivity (Wildman–Crippen MR) is 63.5 cm³/mol. The highest BCUT2D eigenvalue weighted by molar-refractivity contribution is 4.83. The fraction of sp³-hybridized carbons (Fsp3) is 1.00. The summed E-state index contributed by atoms with van der Waals surface area (Å²) in [5.74, 6) is 0. The van der Waals surface area contributed by atoms with Gasteiger partial charge in [0.15, 0.2) is 0 Å². The summed E-state index contributed by atoms with van der Waals surface area (Å²) in [4.78, 5) is 0. The molecule has 0 aliphatic heterocycles. The number of hydrogen-bond donors (Lipinski definition) is 3. The van der Waals surface area contributed by atoms with E-state index in [0.717, 1.165) is 32.5 Å². The molecule has 0 aromatic carbocycles. The molecule has 0 aliphatic carbocycles. The van der Waals surface area contributed by atoms with E-state index in [2.05, 4.69) is 38.3 Å². The molecule has 0 fully saturated rings. The Bertz CT molecular complexity index is 130. The fourth-order valence-corrected chi connectivity index (χ4v) is 1.29. The van der Waals surface area contributed by atoms with E-state index in [-0.39, 0.29) is 5.54 Å². The highest BCUT2D eigenvalue weighted by atomic mass is 15.0. The van der Waals surface area contributed by atoms with Crippen LogP contribution >= 0.6 is 0 Å². The molecule has 0 aromatic heterocycles. The minimum Gasteiger partial charge on any atom is -0.324 e. The first-order valence-electron chi connectivity index (χ1n) is 5.77. The van der Waals surface area contributed by atoms with Crippen LogP contribution in [0.15, 0.2) is 0 Å². The maximum absolute atomic E-state index is 6.16. The molecule has 0 amide bonds. The molecular formula is C11H27N3. The van der Waals surface area contributed by atoms with Gasteiger partial charge >= 0.3 is 0 Å². The van der Waals surface area contributed by atoms with Gasteiger partial charge in [-0.25, -0.2) is 0 Å². The standard InChI is InChI=1S/C11H27N3/c1-5-11(12,6-2)9-13-7-8-14-10(3)4/h10,13-14H,5-9,12H2,1-4H3. The van der Waals surface area contributed by atoms with Crippen LogP contribution in [0.2, 0.25) is 0 Å². The van der Waals surface area contributed by atoms with Gasteiger partial charge in [0.1, 0.15) is 0 Å². The molecular weight excluding hydrogens is 174 g/mol. The lowest BCUT2D eigenvalue weighted by atomic mass is 9.94. The molecule has 0 saturated heterocycles. The van der Waals surface area contributed by atoms with E-state index < -0.39 is 0 Å². The number of rotatable bonds is 8. The van der Waals surface area contributed by atoms with Crippen LogP contribution in [0.5, 0.6) is 0 Å². The van der Waals surface area contributed by atoms with Crippen molar-refractivity contribution in [1.82, 2.24) is 10.6 Å². The second-order valence-electron chi connectivity index (χ2n) is 4.36. The van der Waals surface area contributed by atoms with Crippen molar-refractivity contribution in [2.24, 2.45) is 5.73 Å². The average molecular weight is 201 g/mol. The van der Waals surface area contributed by atoms with E-state index in [0.29, 0.717) is 6.04 Å². The molecule has 0 bridgehead atoms. The topological polar surface area (TPSA) is 50.1 Å². The summed E-state index contributed by atoms with van der Waals surface area (Å²) in [7, 11) is 0. The Labute approximate surface area is 88.8 Å². The van der Waals surface area contributed by atoms with Crippen LogP contribution in [0.25, 0.3) is 0 Å². The third-order valence-corrected chi connectivity index (χ3v) is 2.74. The van der Waals surface area contributed by atoms with Crippen LogP contribution < -0.4 is 16.4 Å². The Morgan fingerprint density at radius 2 is 1.71 bits per heavy atom. The van der Waals surface area contributed by atoms with Gasteiger partial charge < -0.3 is 16.4 Å². The Morgan fingerprint density at radius 3 is 2.14 bits per heavy atom. The van der Waals surface area contributed by atoms with Gasteiger partial charge in [-0.1, -0.05) is 27.7 Å². The first-order chi connectivity index (χ1) is 6.54.